The number of nitrogens with zero attached hydrogens (tertiary/aromatic N) is 1. The van der Waals surface area contributed by atoms with Gasteiger partial charge in [-0.2, -0.15) is 5.26 Å². The molecule has 0 amide bonds. The average molecular weight is 196 g/mol. The van der Waals surface area contributed by atoms with E-state index >= 15 is 0 Å². The smallest absolute Gasteiger partial charge is 0.130 e. The monoisotopic (exact) mass is 196 g/mol. The minimum absolute atomic E-state index is 0.367. The van der Waals surface area contributed by atoms with E-state index in [9.17, 15) is 0 Å². The Labute approximate surface area is 86.2 Å². The SMILES string of the molecule is CC(C)CCOCC(N)(C#N)C1CC1. The fourth-order valence-corrected chi connectivity index (χ4v) is 1.40. The summed E-state index contributed by atoms with van der Waals surface area (Å²) in [5.74, 6) is 1.01. The van der Waals surface area contributed by atoms with Crippen LogP contribution in [0.1, 0.15) is 33.1 Å². The van der Waals surface area contributed by atoms with Gasteiger partial charge in [0.15, 0.2) is 0 Å². The van der Waals surface area contributed by atoms with Crippen molar-refractivity contribution in [3.63, 3.8) is 0 Å². The molecule has 0 heterocycles. The molecule has 1 fully saturated rings. The summed E-state index contributed by atoms with van der Waals surface area (Å²) in [7, 11) is 0. The van der Waals surface area contributed by atoms with Crippen LogP contribution in [-0.4, -0.2) is 18.8 Å². The molecule has 3 nitrogen and oxygen atoms in total. The quantitative estimate of drug-likeness (QED) is 0.657. The molecule has 1 aliphatic carbocycles. The number of nitrogens with two attached hydrogens (primary N) is 1. The van der Waals surface area contributed by atoms with Gasteiger partial charge in [-0.3, -0.25) is 0 Å². The molecule has 1 aliphatic rings. The minimum atomic E-state index is -0.725. The topological polar surface area (TPSA) is 59.0 Å². The number of rotatable bonds is 6. The van der Waals surface area contributed by atoms with Gasteiger partial charge in [0.05, 0.1) is 12.7 Å². The van der Waals surface area contributed by atoms with Gasteiger partial charge >= 0.3 is 0 Å². The molecule has 14 heavy (non-hydrogen) atoms. The summed E-state index contributed by atoms with van der Waals surface area (Å²) in [6.07, 6.45) is 3.20. The molecule has 1 atom stereocenters. The molecule has 0 radical (unpaired) electrons. The van der Waals surface area contributed by atoms with Crippen molar-refractivity contribution in [1.82, 2.24) is 0 Å². The zero-order valence-corrected chi connectivity index (χ0v) is 9.12. The minimum Gasteiger partial charge on any atom is -0.378 e. The van der Waals surface area contributed by atoms with Crippen molar-refractivity contribution in [3.05, 3.63) is 0 Å². The summed E-state index contributed by atoms with van der Waals surface area (Å²) < 4.78 is 5.45. The third-order valence-corrected chi connectivity index (χ3v) is 2.69. The van der Waals surface area contributed by atoms with Crippen LogP contribution in [0.15, 0.2) is 0 Å². The van der Waals surface area contributed by atoms with Crippen molar-refractivity contribution in [2.45, 2.75) is 38.6 Å². The van der Waals surface area contributed by atoms with Crippen molar-refractivity contribution in [2.75, 3.05) is 13.2 Å². The van der Waals surface area contributed by atoms with E-state index in [1.54, 1.807) is 0 Å². The molecule has 0 spiro atoms. The van der Waals surface area contributed by atoms with Gasteiger partial charge in [-0.1, -0.05) is 13.8 Å². The maximum atomic E-state index is 8.95. The lowest BCUT2D eigenvalue weighted by Gasteiger charge is -2.20. The maximum absolute atomic E-state index is 8.95. The van der Waals surface area contributed by atoms with Crippen LogP contribution in [0.4, 0.5) is 0 Å². The zero-order valence-electron chi connectivity index (χ0n) is 9.12. The third kappa shape index (κ3) is 3.28. The lowest BCUT2D eigenvalue weighted by Crippen LogP contribution is -2.45. The van der Waals surface area contributed by atoms with Crippen molar-refractivity contribution >= 4 is 0 Å². The molecule has 1 saturated carbocycles. The van der Waals surface area contributed by atoms with Gasteiger partial charge in [0.1, 0.15) is 5.54 Å². The van der Waals surface area contributed by atoms with Crippen LogP contribution in [0.3, 0.4) is 0 Å². The molecular formula is C11H20N2O. The van der Waals surface area contributed by atoms with E-state index in [2.05, 4.69) is 19.9 Å². The first-order valence-electron chi connectivity index (χ1n) is 5.36. The van der Waals surface area contributed by atoms with Crippen LogP contribution in [0, 0.1) is 23.2 Å². The Hall–Kier alpha value is -0.590. The summed E-state index contributed by atoms with van der Waals surface area (Å²) >= 11 is 0. The van der Waals surface area contributed by atoms with Crippen molar-refractivity contribution in [2.24, 2.45) is 17.6 Å². The number of ether oxygens (including phenoxy) is 1. The van der Waals surface area contributed by atoms with E-state index in [1.165, 1.54) is 0 Å². The van der Waals surface area contributed by atoms with Gasteiger partial charge in [0.2, 0.25) is 0 Å². The summed E-state index contributed by atoms with van der Waals surface area (Å²) in [5.41, 5.74) is 5.21. The highest BCUT2D eigenvalue weighted by molar-refractivity contribution is 5.13. The highest BCUT2D eigenvalue weighted by atomic mass is 16.5. The van der Waals surface area contributed by atoms with Crippen molar-refractivity contribution in [1.29, 1.82) is 5.26 Å². The molecule has 0 saturated heterocycles. The molecule has 80 valence electrons. The van der Waals surface area contributed by atoms with Crippen LogP contribution in [0.25, 0.3) is 0 Å². The predicted molar refractivity (Wildman–Crippen MR) is 55.5 cm³/mol. The van der Waals surface area contributed by atoms with E-state index in [-0.39, 0.29) is 0 Å². The Balaban J connectivity index is 2.18. The molecule has 0 aromatic carbocycles. The zero-order chi connectivity index (χ0) is 10.6. The fraction of sp³-hybridized carbons (Fsp3) is 0.909. The molecule has 0 bridgehead atoms. The first-order valence-corrected chi connectivity index (χ1v) is 5.36. The normalized spacial score (nSPS) is 20.5. The largest absolute Gasteiger partial charge is 0.378 e. The molecule has 1 rings (SSSR count). The van der Waals surface area contributed by atoms with Crippen molar-refractivity contribution < 1.29 is 4.74 Å². The Morgan fingerprint density at radius 3 is 2.64 bits per heavy atom. The lowest BCUT2D eigenvalue weighted by atomic mass is 9.98. The van der Waals surface area contributed by atoms with Crippen LogP contribution in [0.5, 0.6) is 0 Å². The molecule has 0 aromatic heterocycles. The summed E-state index contributed by atoms with van der Waals surface area (Å²) in [6.45, 7) is 5.42. The summed E-state index contributed by atoms with van der Waals surface area (Å²) in [6, 6.07) is 2.18. The lowest BCUT2D eigenvalue weighted by molar-refractivity contribution is 0.0878. The second-order valence-corrected chi connectivity index (χ2v) is 4.66. The molecule has 0 aliphatic heterocycles. The van der Waals surface area contributed by atoms with Gasteiger partial charge in [-0.05, 0) is 31.1 Å². The molecule has 0 aromatic rings. The van der Waals surface area contributed by atoms with Crippen LogP contribution >= 0.6 is 0 Å². The Kier molecular flexibility index (Phi) is 3.91. The fourth-order valence-electron chi connectivity index (χ4n) is 1.40. The Bertz CT molecular complexity index is 218. The third-order valence-electron chi connectivity index (χ3n) is 2.69. The van der Waals surface area contributed by atoms with Gasteiger partial charge in [0.25, 0.3) is 0 Å². The second-order valence-electron chi connectivity index (χ2n) is 4.66. The van der Waals surface area contributed by atoms with E-state index < -0.39 is 5.54 Å². The van der Waals surface area contributed by atoms with Crippen molar-refractivity contribution in [3.8, 4) is 6.07 Å². The van der Waals surface area contributed by atoms with Crippen LogP contribution < -0.4 is 5.73 Å². The Morgan fingerprint density at radius 2 is 2.21 bits per heavy atom. The van der Waals surface area contributed by atoms with Gasteiger partial charge < -0.3 is 10.5 Å². The van der Waals surface area contributed by atoms with E-state index in [4.69, 9.17) is 15.7 Å². The van der Waals surface area contributed by atoms with Crippen LogP contribution in [0.2, 0.25) is 0 Å². The average Bonchev–Trinajstić information content (AvgIpc) is 2.95. The number of nitriles is 1. The molecular weight excluding hydrogens is 176 g/mol. The first-order chi connectivity index (χ1) is 6.58. The highest BCUT2D eigenvalue weighted by Gasteiger charge is 2.42. The maximum Gasteiger partial charge on any atom is 0.130 e. The summed E-state index contributed by atoms with van der Waals surface area (Å²) in [5, 5.41) is 8.95. The first kappa shape index (κ1) is 11.5. The second kappa shape index (κ2) is 4.77. The highest BCUT2D eigenvalue weighted by Crippen LogP contribution is 2.38. The Morgan fingerprint density at radius 1 is 1.57 bits per heavy atom. The molecule has 1 unspecified atom stereocenters. The van der Waals surface area contributed by atoms with E-state index in [1.807, 2.05) is 0 Å². The van der Waals surface area contributed by atoms with Gasteiger partial charge in [-0.25, -0.2) is 0 Å². The van der Waals surface area contributed by atoms with Gasteiger partial charge in [-0.15, -0.1) is 0 Å². The van der Waals surface area contributed by atoms with E-state index in [0.717, 1.165) is 19.3 Å². The van der Waals surface area contributed by atoms with E-state index in [0.29, 0.717) is 25.0 Å². The van der Waals surface area contributed by atoms with Crippen LogP contribution in [-0.2, 0) is 4.74 Å². The molecule has 2 N–H and O–H groups in total. The van der Waals surface area contributed by atoms with Gasteiger partial charge in [0, 0.05) is 6.61 Å². The number of hydrogen-bond acceptors (Lipinski definition) is 3. The standard InChI is InChI=1S/C11H20N2O/c1-9(2)5-6-14-8-11(13,7-12)10-3-4-10/h9-10H,3-6,8,13H2,1-2H3. The number of hydrogen-bond donors (Lipinski definition) is 1. The predicted octanol–water partition coefficient (Wildman–Crippen LogP) is 1.68. The summed E-state index contributed by atoms with van der Waals surface area (Å²) in [4.78, 5) is 0. The molecule has 3 heteroatoms.